The average molecular weight is 257 g/mol. The molecule has 1 fully saturated rings. The second-order valence-electron chi connectivity index (χ2n) is 5.56. The van der Waals surface area contributed by atoms with Gasteiger partial charge in [0.15, 0.2) is 0 Å². The minimum atomic E-state index is 0.0953. The normalized spacial score (nSPS) is 23.6. The van der Waals surface area contributed by atoms with Gasteiger partial charge < -0.3 is 4.90 Å². The molecule has 0 aliphatic carbocycles. The standard InChI is InChI=1S/C14H19N5/c1-11-9-17-18-12(11)14(2)5-3-8-19(10-14)13-15-6-4-7-16-13/h4,6-7,9H,3,5,8,10H2,1-2H3,(H,17,18)/t14-/m1/s1. The van der Waals surface area contributed by atoms with Crippen LogP contribution in [0.4, 0.5) is 5.95 Å². The van der Waals surface area contributed by atoms with Crippen molar-refractivity contribution >= 4 is 5.95 Å². The number of anilines is 1. The number of hydrogen-bond donors (Lipinski definition) is 1. The monoisotopic (exact) mass is 257 g/mol. The summed E-state index contributed by atoms with van der Waals surface area (Å²) in [6.45, 7) is 6.36. The van der Waals surface area contributed by atoms with Gasteiger partial charge in [0, 0.05) is 36.6 Å². The summed E-state index contributed by atoms with van der Waals surface area (Å²) in [5.74, 6) is 0.825. The number of H-pyrrole nitrogens is 1. The Balaban J connectivity index is 1.88. The van der Waals surface area contributed by atoms with Crippen molar-refractivity contribution in [1.29, 1.82) is 0 Å². The highest BCUT2D eigenvalue weighted by molar-refractivity contribution is 5.35. The third-order valence-corrected chi connectivity index (χ3v) is 3.96. The summed E-state index contributed by atoms with van der Waals surface area (Å²) in [6.07, 6.45) is 7.82. The van der Waals surface area contributed by atoms with Crippen molar-refractivity contribution in [2.75, 3.05) is 18.0 Å². The second kappa shape index (κ2) is 4.64. The van der Waals surface area contributed by atoms with E-state index < -0.39 is 0 Å². The van der Waals surface area contributed by atoms with Gasteiger partial charge in [-0.1, -0.05) is 6.92 Å². The SMILES string of the molecule is Cc1cn[nH]c1[C@]1(C)CCCN(c2ncccn2)C1. The summed E-state index contributed by atoms with van der Waals surface area (Å²) in [6, 6.07) is 1.85. The Morgan fingerprint density at radius 2 is 2.11 bits per heavy atom. The number of hydrogen-bond acceptors (Lipinski definition) is 4. The molecule has 1 saturated heterocycles. The number of aromatic nitrogens is 4. The third-order valence-electron chi connectivity index (χ3n) is 3.96. The topological polar surface area (TPSA) is 57.7 Å². The van der Waals surface area contributed by atoms with Crippen LogP contribution in [0.3, 0.4) is 0 Å². The molecule has 0 saturated carbocycles. The fourth-order valence-electron chi connectivity index (χ4n) is 3.03. The van der Waals surface area contributed by atoms with Gasteiger partial charge in [0.1, 0.15) is 0 Å². The van der Waals surface area contributed by atoms with Gasteiger partial charge in [0.25, 0.3) is 0 Å². The van der Waals surface area contributed by atoms with E-state index in [1.165, 1.54) is 17.7 Å². The van der Waals surface area contributed by atoms with Gasteiger partial charge in [-0.15, -0.1) is 0 Å². The molecule has 0 bridgehead atoms. The second-order valence-corrected chi connectivity index (χ2v) is 5.56. The lowest BCUT2D eigenvalue weighted by Crippen LogP contribution is -2.45. The summed E-state index contributed by atoms with van der Waals surface area (Å²) in [5, 5.41) is 7.34. The first kappa shape index (κ1) is 12.1. The van der Waals surface area contributed by atoms with Crippen LogP contribution in [-0.2, 0) is 5.41 Å². The van der Waals surface area contributed by atoms with Crippen molar-refractivity contribution in [3.8, 4) is 0 Å². The Morgan fingerprint density at radius 1 is 1.32 bits per heavy atom. The lowest BCUT2D eigenvalue weighted by Gasteiger charge is -2.40. The Bertz CT molecular complexity index is 550. The first-order chi connectivity index (χ1) is 9.19. The number of piperidine rings is 1. The molecular weight excluding hydrogens is 238 g/mol. The maximum Gasteiger partial charge on any atom is 0.225 e. The van der Waals surface area contributed by atoms with E-state index in [0.29, 0.717) is 0 Å². The molecule has 5 nitrogen and oxygen atoms in total. The number of aryl methyl sites for hydroxylation is 1. The van der Waals surface area contributed by atoms with Crippen molar-refractivity contribution in [3.63, 3.8) is 0 Å². The first-order valence-electron chi connectivity index (χ1n) is 6.71. The van der Waals surface area contributed by atoms with Gasteiger partial charge in [-0.25, -0.2) is 9.97 Å². The van der Waals surface area contributed by atoms with E-state index in [0.717, 1.165) is 25.5 Å². The molecule has 0 amide bonds. The molecule has 3 rings (SSSR count). The van der Waals surface area contributed by atoms with E-state index in [1.807, 2.05) is 12.3 Å². The van der Waals surface area contributed by atoms with Crippen LogP contribution in [-0.4, -0.2) is 33.3 Å². The van der Waals surface area contributed by atoms with Gasteiger partial charge in [0.05, 0.1) is 6.20 Å². The van der Waals surface area contributed by atoms with Crippen molar-refractivity contribution in [2.45, 2.75) is 32.1 Å². The summed E-state index contributed by atoms with van der Waals surface area (Å²) in [7, 11) is 0. The van der Waals surface area contributed by atoms with Crippen molar-refractivity contribution in [1.82, 2.24) is 20.2 Å². The largest absolute Gasteiger partial charge is 0.340 e. The molecule has 0 unspecified atom stereocenters. The Labute approximate surface area is 113 Å². The van der Waals surface area contributed by atoms with Crippen molar-refractivity contribution in [2.24, 2.45) is 0 Å². The summed E-state index contributed by atoms with van der Waals surface area (Å²) >= 11 is 0. The van der Waals surface area contributed by atoms with Crippen LogP contribution in [0.2, 0.25) is 0 Å². The minimum Gasteiger partial charge on any atom is -0.340 e. The summed E-state index contributed by atoms with van der Waals surface area (Å²) in [4.78, 5) is 11.0. The van der Waals surface area contributed by atoms with E-state index in [2.05, 4.69) is 38.9 Å². The minimum absolute atomic E-state index is 0.0953. The maximum atomic E-state index is 4.36. The van der Waals surface area contributed by atoms with Crippen LogP contribution in [0.1, 0.15) is 31.0 Å². The number of nitrogens with one attached hydrogen (secondary N) is 1. The predicted octanol–water partition coefficient (Wildman–Crippen LogP) is 2.07. The molecule has 100 valence electrons. The zero-order valence-electron chi connectivity index (χ0n) is 11.4. The molecule has 0 spiro atoms. The zero-order valence-corrected chi connectivity index (χ0v) is 11.4. The Hall–Kier alpha value is -1.91. The Morgan fingerprint density at radius 3 is 2.79 bits per heavy atom. The first-order valence-corrected chi connectivity index (χ1v) is 6.71. The number of aromatic amines is 1. The molecule has 1 N–H and O–H groups in total. The maximum absolute atomic E-state index is 4.36. The molecule has 1 atom stereocenters. The molecule has 0 aromatic carbocycles. The van der Waals surface area contributed by atoms with Crippen LogP contribution < -0.4 is 4.90 Å². The van der Waals surface area contributed by atoms with Gasteiger partial charge in [-0.05, 0) is 31.4 Å². The molecular formula is C14H19N5. The van der Waals surface area contributed by atoms with Gasteiger partial charge in [-0.3, -0.25) is 5.10 Å². The molecule has 5 heteroatoms. The van der Waals surface area contributed by atoms with Crippen LogP contribution in [0.5, 0.6) is 0 Å². The van der Waals surface area contributed by atoms with Crippen LogP contribution in [0.15, 0.2) is 24.7 Å². The molecule has 2 aromatic rings. The summed E-state index contributed by atoms with van der Waals surface area (Å²) < 4.78 is 0. The van der Waals surface area contributed by atoms with E-state index in [-0.39, 0.29) is 5.41 Å². The fraction of sp³-hybridized carbons (Fsp3) is 0.500. The smallest absolute Gasteiger partial charge is 0.225 e. The highest BCUT2D eigenvalue weighted by Gasteiger charge is 2.35. The Kier molecular flexibility index (Phi) is 2.97. The van der Waals surface area contributed by atoms with Crippen LogP contribution >= 0.6 is 0 Å². The fourth-order valence-corrected chi connectivity index (χ4v) is 3.03. The molecule has 2 aromatic heterocycles. The van der Waals surface area contributed by atoms with E-state index >= 15 is 0 Å². The summed E-state index contributed by atoms with van der Waals surface area (Å²) in [5.41, 5.74) is 2.57. The molecule has 1 aliphatic heterocycles. The van der Waals surface area contributed by atoms with E-state index in [1.54, 1.807) is 12.4 Å². The molecule has 1 aliphatic rings. The molecule has 19 heavy (non-hydrogen) atoms. The van der Waals surface area contributed by atoms with Crippen molar-refractivity contribution < 1.29 is 0 Å². The lowest BCUT2D eigenvalue weighted by atomic mass is 9.78. The number of rotatable bonds is 2. The van der Waals surface area contributed by atoms with Gasteiger partial charge in [-0.2, -0.15) is 5.10 Å². The number of nitrogens with zero attached hydrogens (tertiary/aromatic N) is 4. The van der Waals surface area contributed by atoms with Gasteiger partial charge in [0.2, 0.25) is 5.95 Å². The van der Waals surface area contributed by atoms with Gasteiger partial charge >= 0.3 is 0 Å². The zero-order chi connectivity index (χ0) is 13.3. The lowest BCUT2D eigenvalue weighted by molar-refractivity contribution is 0.360. The third kappa shape index (κ3) is 2.20. The van der Waals surface area contributed by atoms with Crippen molar-refractivity contribution in [3.05, 3.63) is 35.9 Å². The average Bonchev–Trinajstić information content (AvgIpc) is 2.87. The highest BCUT2D eigenvalue weighted by Crippen LogP contribution is 2.34. The van der Waals surface area contributed by atoms with Crippen LogP contribution in [0.25, 0.3) is 0 Å². The highest BCUT2D eigenvalue weighted by atomic mass is 15.3. The quantitative estimate of drug-likeness (QED) is 0.894. The van der Waals surface area contributed by atoms with E-state index in [4.69, 9.17) is 0 Å². The van der Waals surface area contributed by atoms with E-state index in [9.17, 15) is 0 Å². The molecule has 3 heterocycles. The van der Waals surface area contributed by atoms with Crippen LogP contribution in [0, 0.1) is 6.92 Å². The predicted molar refractivity (Wildman–Crippen MR) is 74.2 cm³/mol. The molecule has 0 radical (unpaired) electrons.